The zero-order valence-electron chi connectivity index (χ0n) is 13.5. The lowest BCUT2D eigenvalue weighted by atomic mass is 10.1. The summed E-state index contributed by atoms with van der Waals surface area (Å²) in [5, 5.41) is 0. The van der Waals surface area contributed by atoms with Crippen LogP contribution in [0.3, 0.4) is 0 Å². The molecule has 1 aromatic rings. The minimum absolute atomic E-state index is 0.398. The van der Waals surface area contributed by atoms with E-state index in [-0.39, 0.29) is 0 Å². The molecule has 2 heterocycles. The summed E-state index contributed by atoms with van der Waals surface area (Å²) in [6, 6.07) is 6.40. The van der Waals surface area contributed by atoms with Gasteiger partial charge in [-0.2, -0.15) is 13.2 Å². The van der Waals surface area contributed by atoms with Crippen molar-refractivity contribution >= 4 is 0 Å². The molecule has 2 fully saturated rings. The maximum absolute atomic E-state index is 13.2. The Kier molecular flexibility index (Phi) is 5.27. The van der Waals surface area contributed by atoms with Gasteiger partial charge in [-0.1, -0.05) is 24.6 Å². The van der Waals surface area contributed by atoms with E-state index in [0.717, 1.165) is 39.0 Å². The summed E-state index contributed by atoms with van der Waals surface area (Å²) in [6.07, 6.45) is 1.74. The average Bonchev–Trinajstić information content (AvgIpc) is 2.95. The van der Waals surface area contributed by atoms with Crippen LogP contribution in [-0.2, 0) is 12.7 Å². The van der Waals surface area contributed by atoms with Crippen LogP contribution in [0.4, 0.5) is 13.2 Å². The summed E-state index contributed by atoms with van der Waals surface area (Å²) in [7, 11) is 0. The lowest BCUT2D eigenvalue weighted by Crippen LogP contribution is -2.42. The Hall–Kier alpha value is -1.07. The molecule has 1 atom stereocenters. The molecule has 1 unspecified atom stereocenters. The van der Waals surface area contributed by atoms with E-state index >= 15 is 0 Å². The molecule has 0 saturated carbocycles. The van der Waals surface area contributed by atoms with Crippen molar-refractivity contribution < 1.29 is 13.2 Å². The first-order chi connectivity index (χ1) is 11.0. The summed E-state index contributed by atoms with van der Waals surface area (Å²) >= 11 is 0. The Balaban J connectivity index is 1.67. The van der Waals surface area contributed by atoms with Crippen molar-refractivity contribution in [1.82, 2.24) is 9.80 Å². The van der Waals surface area contributed by atoms with E-state index in [2.05, 4.69) is 9.80 Å². The molecule has 5 heteroatoms. The third-order valence-corrected chi connectivity index (χ3v) is 5.11. The van der Waals surface area contributed by atoms with Gasteiger partial charge < -0.3 is 4.90 Å². The Bertz CT molecular complexity index is 509. The normalized spacial score (nSPS) is 24.2. The second kappa shape index (κ2) is 7.22. The van der Waals surface area contributed by atoms with E-state index in [9.17, 15) is 13.2 Å². The first-order valence-corrected chi connectivity index (χ1v) is 8.65. The second-order valence-corrected chi connectivity index (χ2v) is 6.78. The molecule has 2 aliphatic heterocycles. The smallest absolute Gasteiger partial charge is 0.302 e. The van der Waals surface area contributed by atoms with Crippen LogP contribution < -0.4 is 0 Å². The van der Waals surface area contributed by atoms with Gasteiger partial charge in [0.15, 0.2) is 0 Å². The van der Waals surface area contributed by atoms with Gasteiger partial charge in [-0.05, 0) is 56.9 Å². The van der Waals surface area contributed by atoms with Crippen LogP contribution in [-0.4, -0.2) is 42.0 Å². The highest BCUT2D eigenvalue weighted by Crippen LogP contribution is 2.33. The van der Waals surface area contributed by atoms with E-state index in [4.69, 9.17) is 0 Å². The molecule has 0 aliphatic carbocycles. The topological polar surface area (TPSA) is 6.48 Å². The molecule has 128 valence electrons. The summed E-state index contributed by atoms with van der Waals surface area (Å²) in [4.78, 5) is 4.74. The van der Waals surface area contributed by atoms with Gasteiger partial charge >= 0.3 is 6.18 Å². The molecule has 0 bridgehead atoms. The molecule has 0 aromatic heterocycles. The number of hydrogen-bond acceptors (Lipinski definition) is 2. The van der Waals surface area contributed by atoms with E-state index in [1.807, 2.05) is 0 Å². The van der Waals surface area contributed by atoms with Crippen LogP contribution in [0, 0.1) is 0 Å². The van der Waals surface area contributed by atoms with Crippen molar-refractivity contribution in [3.05, 3.63) is 35.4 Å². The first kappa shape index (κ1) is 16.8. The van der Waals surface area contributed by atoms with Gasteiger partial charge in [-0.3, -0.25) is 4.90 Å². The lowest BCUT2D eigenvalue weighted by molar-refractivity contribution is -0.138. The van der Waals surface area contributed by atoms with Gasteiger partial charge in [0.05, 0.1) is 5.56 Å². The van der Waals surface area contributed by atoms with Crippen molar-refractivity contribution in [3.63, 3.8) is 0 Å². The minimum atomic E-state index is -4.27. The molecule has 0 amide bonds. The lowest BCUT2D eigenvalue weighted by Gasteiger charge is -2.33. The Morgan fingerprint density at radius 3 is 2.43 bits per heavy atom. The summed E-state index contributed by atoms with van der Waals surface area (Å²) in [5.41, 5.74) is -0.0748. The van der Waals surface area contributed by atoms with Crippen LogP contribution in [0.2, 0.25) is 0 Å². The Morgan fingerprint density at radius 1 is 0.957 bits per heavy atom. The minimum Gasteiger partial charge on any atom is -0.302 e. The molecule has 2 nitrogen and oxygen atoms in total. The molecule has 0 spiro atoms. The third kappa shape index (κ3) is 4.27. The SMILES string of the molecule is FC(F)(F)c1ccccc1CN1CCCC1CN1CCCCC1. The van der Waals surface area contributed by atoms with Crippen LogP contribution in [0.1, 0.15) is 43.2 Å². The molecular weight excluding hydrogens is 301 g/mol. The largest absolute Gasteiger partial charge is 0.416 e. The van der Waals surface area contributed by atoms with Crippen molar-refractivity contribution in [1.29, 1.82) is 0 Å². The van der Waals surface area contributed by atoms with Gasteiger partial charge in [0, 0.05) is 19.1 Å². The monoisotopic (exact) mass is 326 g/mol. The van der Waals surface area contributed by atoms with Crippen LogP contribution in [0.15, 0.2) is 24.3 Å². The van der Waals surface area contributed by atoms with Gasteiger partial charge in [0.1, 0.15) is 0 Å². The highest BCUT2D eigenvalue weighted by atomic mass is 19.4. The Labute approximate surface area is 136 Å². The fraction of sp³-hybridized carbons (Fsp3) is 0.667. The average molecular weight is 326 g/mol. The van der Waals surface area contributed by atoms with E-state index in [1.165, 1.54) is 31.4 Å². The van der Waals surface area contributed by atoms with Gasteiger partial charge in [0.2, 0.25) is 0 Å². The second-order valence-electron chi connectivity index (χ2n) is 6.78. The Morgan fingerprint density at radius 2 is 1.70 bits per heavy atom. The fourth-order valence-electron chi connectivity index (χ4n) is 3.90. The number of hydrogen-bond donors (Lipinski definition) is 0. The van der Waals surface area contributed by atoms with Gasteiger partial charge in [-0.15, -0.1) is 0 Å². The van der Waals surface area contributed by atoms with Gasteiger partial charge in [0.25, 0.3) is 0 Å². The third-order valence-electron chi connectivity index (χ3n) is 5.11. The summed E-state index contributed by atoms with van der Waals surface area (Å²) in [6.45, 7) is 4.61. The van der Waals surface area contributed by atoms with Gasteiger partial charge in [-0.25, -0.2) is 0 Å². The van der Waals surface area contributed by atoms with Crippen molar-refractivity contribution in [2.24, 2.45) is 0 Å². The summed E-state index contributed by atoms with van der Waals surface area (Å²) < 4.78 is 39.5. The van der Waals surface area contributed by atoms with Crippen LogP contribution >= 0.6 is 0 Å². The van der Waals surface area contributed by atoms with Crippen molar-refractivity contribution in [2.75, 3.05) is 26.2 Å². The van der Waals surface area contributed by atoms with Crippen LogP contribution in [0.25, 0.3) is 0 Å². The van der Waals surface area contributed by atoms with E-state index < -0.39 is 11.7 Å². The first-order valence-electron chi connectivity index (χ1n) is 8.65. The highest BCUT2D eigenvalue weighted by molar-refractivity contribution is 5.29. The maximum atomic E-state index is 13.2. The predicted molar refractivity (Wildman–Crippen MR) is 85.2 cm³/mol. The number of rotatable bonds is 4. The van der Waals surface area contributed by atoms with Crippen molar-refractivity contribution in [3.8, 4) is 0 Å². The number of halogens is 3. The fourth-order valence-corrected chi connectivity index (χ4v) is 3.90. The van der Waals surface area contributed by atoms with E-state index in [1.54, 1.807) is 12.1 Å². The highest BCUT2D eigenvalue weighted by Gasteiger charge is 2.34. The summed E-state index contributed by atoms with van der Waals surface area (Å²) in [5.74, 6) is 0. The predicted octanol–water partition coefficient (Wildman–Crippen LogP) is 4.16. The standard InChI is InChI=1S/C18H25F3N2/c19-18(20,21)17-9-3-2-7-15(17)13-23-12-6-8-16(23)14-22-10-4-1-5-11-22/h2-3,7,9,16H,1,4-6,8,10-14H2. The number of nitrogens with zero attached hydrogens (tertiary/aromatic N) is 2. The maximum Gasteiger partial charge on any atom is 0.416 e. The number of benzene rings is 1. The molecule has 23 heavy (non-hydrogen) atoms. The van der Waals surface area contributed by atoms with Crippen molar-refractivity contribution in [2.45, 2.75) is 50.9 Å². The zero-order valence-corrected chi connectivity index (χ0v) is 13.5. The van der Waals surface area contributed by atoms with E-state index in [0.29, 0.717) is 18.2 Å². The number of alkyl halides is 3. The molecule has 0 N–H and O–H groups in total. The molecule has 0 radical (unpaired) electrons. The van der Waals surface area contributed by atoms with Crippen LogP contribution in [0.5, 0.6) is 0 Å². The molecule has 2 saturated heterocycles. The molecule has 2 aliphatic rings. The molecule has 3 rings (SSSR count). The quantitative estimate of drug-likeness (QED) is 0.820. The zero-order chi connectivity index (χ0) is 16.3. The number of piperidine rings is 1. The molecular formula is C18H25F3N2. The molecule has 1 aromatic carbocycles. The number of likely N-dealkylation sites (tertiary alicyclic amines) is 2.